The maximum Gasteiger partial charge on any atom is 0.262 e. The number of nitrogens with zero attached hydrogens (tertiary/aromatic N) is 2. The van der Waals surface area contributed by atoms with Gasteiger partial charge < -0.3 is 15.8 Å². The zero-order valence-corrected chi connectivity index (χ0v) is 11.4. The van der Waals surface area contributed by atoms with E-state index >= 15 is 0 Å². The Morgan fingerprint density at radius 3 is 2.95 bits per heavy atom. The van der Waals surface area contributed by atoms with Crippen molar-refractivity contribution in [3.05, 3.63) is 42.2 Å². The van der Waals surface area contributed by atoms with Crippen molar-refractivity contribution in [3.8, 4) is 5.75 Å². The molecule has 0 fully saturated rings. The number of aromatic nitrogens is 2. The van der Waals surface area contributed by atoms with Crippen LogP contribution in [0.4, 0.5) is 5.69 Å². The van der Waals surface area contributed by atoms with Crippen molar-refractivity contribution in [2.45, 2.75) is 20.0 Å². The summed E-state index contributed by atoms with van der Waals surface area (Å²) in [5.41, 5.74) is 7.14. The van der Waals surface area contributed by atoms with Crippen molar-refractivity contribution in [1.29, 1.82) is 0 Å². The van der Waals surface area contributed by atoms with Crippen LogP contribution in [0.5, 0.6) is 5.75 Å². The van der Waals surface area contributed by atoms with Gasteiger partial charge in [-0.25, -0.2) is 0 Å². The molecule has 6 nitrogen and oxygen atoms in total. The van der Waals surface area contributed by atoms with Crippen molar-refractivity contribution in [2.75, 3.05) is 11.9 Å². The molecular weight excluding hydrogens is 256 g/mol. The van der Waals surface area contributed by atoms with Crippen molar-refractivity contribution < 1.29 is 9.53 Å². The third kappa shape index (κ3) is 3.58. The van der Waals surface area contributed by atoms with Crippen LogP contribution in [0.15, 0.2) is 36.7 Å². The van der Waals surface area contributed by atoms with Crippen molar-refractivity contribution >= 4 is 11.6 Å². The molecule has 0 aliphatic heterocycles. The van der Waals surface area contributed by atoms with E-state index in [0.717, 1.165) is 12.1 Å². The van der Waals surface area contributed by atoms with E-state index in [0.29, 0.717) is 18.0 Å². The maximum absolute atomic E-state index is 11.8. The number of ether oxygens (including phenoxy) is 1. The van der Waals surface area contributed by atoms with Crippen molar-refractivity contribution in [2.24, 2.45) is 5.73 Å². The van der Waals surface area contributed by atoms with Crippen LogP contribution in [0.2, 0.25) is 0 Å². The highest BCUT2D eigenvalue weighted by atomic mass is 16.5. The van der Waals surface area contributed by atoms with Gasteiger partial charge in [-0.1, -0.05) is 18.2 Å². The SMILES string of the molecule is CCn1cc(NC(=O)COc2ccccc2CN)cn1. The van der Waals surface area contributed by atoms with E-state index in [1.807, 2.05) is 25.1 Å². The summed E-state index contributed by atoms with van der Waals surface area (Å²) in [6.45, 7) is 3.05. The minimum absolute atomic E-state index is 0.0612. The number of aryl methyl sites for hydroxylation is 1. The number of amides is 1. The summed E-state index contributed by atoms with van der Waals surface area (Å²) in [4.78, 5) is 11.8. The number of nitrogens with two attached hydrogens (primary N) is 1. The van der Waals surface area contributed by atoms with E-state index in [2.05, 4.69) is 10.4 Å². The van der Waals surface area contributed by atoms with Crippen LogP contribution in [0, 0.1) is 0 Å². The number of anilines is 1. The fraction of sp³-hybridized carbons (Fsp3) is 0.286. The molecule has 1 aromatic carbocycles. The van der Waals surface area contributed by atoms with E-state index in [9.17, 15) is 4.79 Å². The summed E-state index contributed by atoms with van der Waals surface area (Å²) in [7, 11) is 0. The summed E-state index contributed by atoms with van der Waals surface area (Å²) < 4.78 is 7.21. The quantitative estimate of drug-likeness (QED) is 0.833. The highest BCUT2D eigenvalue weighted by molar-refractivity contribution is 5.91. The first-order valence-corrected chi connectivity index (χ1v) is 6.46. The first-order valence-electron chi connectivity index (χ1n) is 6.46. The fourth-order valence-electron chi connectivity index (χ4n) is 1.75. The first-order chi connectivity index (χ1) is 9.72. The van der Waals surface area contributed by atoms with Gasteiger partial charge in [-0.3, -0.25) is 9.48 Å². The van der Waals surface area contributed by atoms with E-state index in [1.165, 1.54) is 0 Å². The van der Waals surface area contributed by atoms with Crippen molar-refractivity contribution in [1.82, 2.24) is 9.78 Å². The van der Waals surface area contributed by atoms with Gasteiger partial charge in [-0.15, -0.1) is 0 Å². The molecule has 0 spiro atoms. The molecule has 0 radical (unpaired) electrons. The van der Waals surface area contributed by atoms with Crippen molar-refractivity contribution in [3.63, 3.8) is 0 Å². The van der Waals surface area contributed by atoms with Crippen LogP contribution in [-0.2, 0) is 17.9 Å². The Morgan fingerprint density at radius 2 is 2.25 bits per heavy atom. The predicted molar refractivity (Wildman–Crippen MR) is 76.4 cm³/mol. The number of carbonyl (C=O) groups is 1. The molecular formula is C14H18N4O2. The molecule has 0 unspecified atom stereocenters. The summed E-state index contributed by atoms with van der Waals surface area (Å²) in [5, 5.41) is 6.80. The average Bonchev–Trinajstić information content (AvgIpc) is 2.93. The number of hydrogen-bond acceptors (Lipinski definition) is 4. The van der Waals surface area contributed by atoms with Crippen LogP contribution in [0.25, 0.3) is 0 Å². The monoisotopic (exact) mass is 274 g/mol. The Kier molecular flexibility index (Phi) is 4.73. The molecule has 0 atom stereocenters. The number of para-hydroxylation sites is 1. The number of carbonyl (C=O) groups excluding carboxylic acids is 1. The molecule has 0 saturated heterocycles. The zero-order chi connectivity index (χ0) is 14.4. The van der Waals surface area contributed by atoms with Gasteiger partial charge in [0.1, 0.15) is 5.75 Å². The van der Waals surface area contributed by atoms with Crippen LogP contribution >= 0.6 is 0 Å². The molecule has 3 N–H and O–H groups in total. The Morgan fingerprint density at radius 1 is 1.45 bits per heavy atom. The largest absolute Gasteiger partial charge is 0.483 e. The van der Waals surface area contributed by atoms with Crippen LogP contribution in [0.1, 0.15) is 12.5 Å². The highest BCUT2D eigenvalue weighted by Crippen LogP contribution is 2.17. The molecule has 0 aliphatic rings. The minimum Gasteiger partial charge on any atom is -0.483 e. The Bertz CT molecular complexity index is 580. The molecule has 20 heavy (non-hydrogen) atoms. The lowest BCUT2D eigenvalue weighted by Crippen LogP contribution is -2.20. The van der Waals surface area contributed by atoms with E-state index in [4.69, 9.17) is 10.5 Å². The summed E-state index contributed by atoms with van der Waals surface area (Å²) in [6.07, 6.45) is 3.38. The van der Waals surface area contributed by atoms with Crippen LogP contribution < -0.4 is 15.8 Å². The Labute approximate surface area is 117 Å². The summed E-state index contributed by atoms with van der Waals surface area (Å²) in [5.74, 6) is 0.405. The molecule has 0 bridgehead atoms. The van der Waals surface area contributed by atoms with Gasteiger partial charge in [-0.2, -0.15) is 5.10 Å². The van der Waals surface area contributed by atoms with Crippen LogP contribution in [-0.4, -0.2) is 22.3 Å². The van der Waals surface area contributed by atoms with E-state index in [1.54, 1.807) is 23.1 Å². The predicted octanol–water partition coefficient (Wildman–Crippen LogP) is 1.38. The van der Waals surface area contributed by atoms with E-state index in [-0.39, 0.29) is 12.5 Å². The molecule has 1 aromatic heterocycles. The van der Waals surface area contributed by atoms with Gasteiger partial charge >= 0.3 is 0 Å². The third-order valence-electron chi connectivity index (χ3n) is 2.79. The van der Waals surface area contributed by atoms with Gasteiger partial charge in [-0.05, 0) is 13.0 Å². The van der Waals surface area contributed by atoms with Gasteiger partial charge in [0, 0.05) is 24.8 Å². The topological polar surface area (TPSA) is 82.2 Å². The van der Waals surface area contributed by atoms with Gasteiger partial charge in [0.2, 0.25) is 0 Å². The number of hydrogen-bond donors (Lipinski definition) is 2. The lowest BCUT2D eigenvalue weighted by Gasteiger charge is -2.09. The minimum atomic E-state index is -0.229. The second-order valence-corrected chi connectivity index (χ2v) is 4.23. The molecule has 2 aromatic rings. The van der Waals surface area contributed by atoms with Gasteiger partial charge in [0.05, 0.1) is 11.9 Å². The first kappa shape index (κ1) is 14.1. The van der Waals surface area contributed by atoms with Crippen LogP contribution in [0.3, 0.4) is 0 Å². The molecule has 1 amide bonds. The fourth-order valence-corrected chi connectivity index (χ4v) is 1.75. The highest BCUT2D eigenvalue weighted by Gasteiger charge is 2.07. The van der Waals surface area contributed by atoms with Gasteiger partial charge in [0.15, 0.2) is 6.61 Å². The Hall–Kier alpha value is -2.34. The Balaban J connectivity index is 1.88. The summed E-state index contributed by atoms with van der Waals surface area (Å²) in [6, 6.07) is 7.40. The standard InChI is InChI=1S/C14H18N4O2/c1-2-18-9-12(8-16-18)17-14(19)10-20-13-6-4-3-5-11(13)7-15/h3-6,8-9H,2,7,10,15H2,1H3,(H,17,19). The normalized spacial score (nSPS) is 10.3. The molecule has 6 heteroatoms. The van der Waals surface area contributed by atoms with E-state index < -0.39 is 0 Å². The second kappa shape index (κ2) is 6.72. The van der Waals surface area contributed by atoms with Gasteiger partial charge in [0.25, 0.3) is 5.91 Å². The number of rotatable bonds is 6. The smallest absolute Gasteiger partial charge is 0.262 e. The molecule has 0 aliphatic carbocycles. The lowest BCUT2D eigenvalue weighted by atomic mass is 10.2. The zero-order valence-electron chi connectivity index (χ0n) is 11.4. The number of benzene rings is 1. The second-order valence-electron chi connectivity index (χ2n) is 4.23. The molecule has 1 heterocycles. The molecule has 106 valence electrons. The molecule has 2 rings (SSSR count). The molecule has 0 saturated carbocycles. The lowest BCUT2D eigenvalue weighted by molar-refractivity contribution is -0.118. The average molecular weight is 274 g/mol. The third-order valence-corrected chi connectivity index (χ3v) is 2.79. The maximum atomic E-state index is 11.8. The number of nitrogens with one attached hydrogen (secondary N) is 1. The summed E-state index contributed by atoms with van der Waals surface area (Å²) >= 11 is 0.